The Bertz CT molecular complexity index is 659. The average Bonchev–Trinajstić information content (AvgIpc) is 2.45. The maximum Gasteiger partial charge on any atom is 0.252 e. The van der Waals surface area contributed by atoms with Crippen molar-refractivity contribution in [1.29, 1.82) is 0 Å². The Hall–Kier alpha value is -1.65. The quantitative estimate of drug-likeness (QED) is 0.835. The highest BCUT2D eigenvalue weighted by atomic mass is 35.5. The van der Waals surface area contributed by atoms with E-state index in [9.17, 15) is 13.6 Å². The van der Waals surface area contributed by atoms with Crippen molar-refractivity contribution in [3.63, 3.8) is 0 Å². The summed E-state index contributed by atoms with van der Waals surface area (Å²) in [5.41, 5.74) is 0.905. The molecule has 1 N–H and O–H groups in total. The summed E-state index contributed by atoms with van der Waals surface area (Å²) >= 11 is 11.5. The predicted octanol–water partition coefficient (Wildman–Crippen LogP) is 4.24. The second-order valence-electron chi connectivity index (χ2n) is 4.38. The first kappa shape index (κ1) is 15.7. The zero-order chi connectivity index (χ0) is 15.4. The number of hydrogen-bond acceptors (Lipinski definition) is 1. The van der Waals surface area contributed by atoms with Gasteiger partial charge in [0.2, 0.25) is 0 Å². The number of nitrogens with one attached hydrogen (secondary N) is 1. The average molecular weight is 330 g/mol. The lowest BCUT2D eigenvalue weighted by Gasteiger charge is -2.07. The molecule has 0 aliphatic carbocycles. The summed E-state index contributed by atoms with van der Waals surface area (Å²) in [6.45, 7) is 0.343. The first-order chi connectivity index (χ1) is 9.97. The normalized spacial score (nSPS) is 10.5. The van der Waals surface area contributed by atoms with Gasteiger partial charge >= 0.3 is 0 Å². The highest BCUT2D eigenvalue weighted by molar-refractivity contribution is 6.33. The van der Waals surface area contributed by atoms with Gasteiger partial charge in [-0.25, -0.2) is 8.78 Å². The number of carbonyl (C=O) groups excluding carboxylic acids is 1. The minimum absolute atomic E-state index is 0.0910. The molecule has 2 aromatic carbocycles. The van der Waals surface area contributed by atoms with Gasteiger partial charge in [-0.2, -0.15) is 0 Å². The van der Waals surface area contributed by atoms with Gasteiger partial charge < -0.3 is 5.32 Å². The number of carbonyl (C=O) groups is 1. The first-order valence-corrected chi connectivity index (χ1v) is 6.90. The Morgan fingerprint density at radius 3 is 2.33 bits per heavy atom. The van der Waals surface area contributed by atoms with Crippen LogP contribution in [0.1, 0.15) is 15.9 Å². The van der Waals surface area contributed by atoms with Crippen LogP contribution in [-0.4, -0.2) is 12.5 Å². The number of halogens is 4. The molecule has 0 spiro atoms. The summed E-state index contributed by atoms with van der Waals surface area (Å²) in [5.74, 6) is -2.74. The van der Waals surface area contributed by atoms with Crippen LogP contribution in [0.2, 0.25) is 10.0 Å². The molecule has 21 heavy (non-hydrogen) atoms. The summed E-state index contributed by atoms with van der Waals surface area (Å²) in [7, 11) is 0. The summed E-state index contributed by atoms with van der Waals surface area (Å²) in [6.07, 6.45) is 0.588. The van der Waals surface area contributed by atoms with Gasteiger partial charge in [-0.15, -0.1) is 0 Å². The lowest BCUT2D eigenvalue weighted by Crippen LogP contribution is -2.26. The molecule has 0 fully saturated rings. The zero-order valence-corrected chi connectivity index (χ0v) is 12.3. The number of amides is 1. The van der Waals surface area contributed by atoms with Gasteiger partial charge in [0.15, 0.2) is 11.6 Å². The SMILES string of the molecule is O=C(NCCc1ccc(Cl)cc1)c1cc(F)c(F)cc1Cl. The van der Waals surface area contributed by atoms with Crippen molar-refractivity contribution >= 4 is 29.1 Å². The van der Waals surface area contributed by atoms with Crippen molar-refractivity contribution in [2.75, 3.05) is 6.54 Å². The van der Waals surface area contributed by atoms with E-state index in [-0.39, 0.29) is 10.6 Å². The third kappa shape index (κ3) is 4.16. The van der Waals surface area contributed by atoms with Crippen molar-refractivity contribution in [1.82, 2.24) is 5.32 Å². The molecule has 1 amide bonds. The largest absolute Gasteiger partial charge is 0.352 e. The molecular weight excluding hydrogens is 319 g/mol. The van der Waals surface area contributed by atoms with Crippen LogP contribution in [0.15, 0.2) is 36.4 Å². The molecule has 6 heteroatoms. The van der Waals surface area contributed by atoms with Gasteiger partial charge in [-0.3, -0.25) is 4.79 Å². The van der Waals surface area contributed by atoms with E-state index in [4.69, 9.17) is 23.2 Å². The van der Waals surface area contributed by atoms with Crippen molar-refractivity contribution in [3.05, 3.63) is 69.2 Å². The Labute approximate surface area is 130 Å². The van der Waals surface area contributed by atoms with Crippen LogP contribution >= 0.6 is 23.2 Å². The van der Waals surface area contributed by atoms with E-state index < -0.39 is 17.5 Å². The van der Waals surface area contributed by atoms with Gasteiger partial charge in [0.1, 0.15) is 0 Å². The van der Waals surface area contributed by atoms with Crippen LogP contribution < -0.4 is 5.32 Å². The van der Waals surface area contributed by atoms with Crippen molar-refractivity contribution < 1.29 is 13.6 Å². The van der Waals surface area contributed by atoms with Gasteiger partial charge in [-0.05, 0) is 36.2 Å². The highest BCUT2D eigenvalue weighted by Crippen LogP contribution is 2.19. The maximum absolute atomic E-state index is 13.1. The predicted molar refractivity (Wildman–Crippen MR) is 78.9 cm³/mol. The maximum atomic E-state index is 13.1. The number of rotatable bonds is 4. The third-order valence-electron chi connectivity index (χ3n) is 2.87. The smallest absolute Gasteiger partial charge is 0.252 e. The third-order valence-corrected chi connectivity index (χ3v) is 3.43. The number of hydrogen-bond donors (Lipinski definition) is 1. The first-order valence-electron chi connectivity index (χ1n) is 6.14. The van der Waals surface area contributed by atoms with E-state index in [2.05, 4.69) is 5.32 Å². The molecule has 0 aliphatic rings. The zero-order valence-electron chi connectivity index (χ0n) is 10.8. The summed E-state index contributed by atoms with van der Waals surface area (Å²) in [4.78, 5) is 11.9. The van der Waals surface area contributed by atoms with Crippen LogP contribution in [0.25, 0.3) is 0 Å². The van der Waals surface area contributed by atoms with Gasteiger partial charge in [0.25, 0.3) is 5.91 Å². The van der Waals surface area contributed by atoms with E-state index in [1.807, 2.05) is 12.1 Å². The van der Waals surface area contributed by atoms with Crippen LogP contribution in [-0.2, 0) is 6.42 Å². The highest BCUT2D eigenvalue weighted by Gasteiger charge is 2.14. The van der Waals surface area contributed by atoms with Crippen LogP contribution in [0.4, 0.5) is 8.78 Å². The van der Waals surface area contributed by atoms with E-state index in [0.29, 0.717) is 18.0 Å². The molecule has 0 saturated heterocycles. The molecule has 0 radical (unpaired) electrons. The fourth-order valence-corrected chi connectivity index (χ4v) is 2.13. The molecule has 2 aromatic rings. The van der Waals surface area contributed by atoms with Gasteiger partial charge in [-0.1, -0.05) is 35.3 Å². The monoisotopic (exact) mass is 329 g/mol. The summed E-state index contributed by atoms with van der Waals surface area (Å²) < 4.78 is 26.0. The molecule has 0 aromatic heterocycles. The molecule has 0 saturated carbocycles. The molecule has 0 heterocycles. The molecule has 0 unspecified atom stereocenters. The summed E-state index contributed by atoms with van der Waals surface area (Å²) in [5, 5.41) is 3.11. The lowest BCUT2D eigenvalue weighted by atomic mass is 10.1. The topological polar surface area (TPSA) is 29.1 Å². The van der Waals surface area contributed by atoms with Crippen LogP contribution in [0.5, 0.6) is 0 Å². The van der Waals surface area contributed by atoms with E-state index in [1.165, 1.54) is 0 Å². The molecule has 0 atom stereocenters. The molecule has 0 bridgehead atoms. The van der Waals surface area contributed by atoms with E-state index >= 15 is 0 Å². The standard InChI is InChI=1S/C15H11Cl2F2NO/c16-10-3-1-9(2-4-10)5-6-20-15(21)11-7-13(18)14(19)8-12(11)17/h1-4,7-8H,5-6H2,(H,20,21). The Morgan fingerprint density at radius 1 is 1.05 bits per heavy atom. The molecule has 2 rings (SSSR count). The van der Waals surface area contributed by atoms with Crippen LogP contribution in [0.3, 0.4) is 0 Å². The molecule has 2 nitrogen and oxygen atoms in total. The number of benzene rings is 2. The fourth-order valence-electron chi connectivity index (χ4n) is 1.76. The van der Waals surface area contributed by atoms with E-state index in [1.54, 1.807) is 12.1 Å². The van der Waals surface area contributed by atoms with Crippen molar-refractivity contribution in [2.24, 2.45) is 0 Å². The fraction of sp³-hybridized carbons (Fsp3) is 0.133. The second-order valence-corrected chi connectivity index (χ2v) is 5.22. The van der Waals surface area contributed by atoms with Gasteiger partial charge in [0.05, 0.1) is 10.6 Å². The van der Waals surface area contributed by atoms with Crippen molar-refractivity contribution in [2.45, 2.75) is 6.42 Å². The molecule has 0 aliphatic heterocycles. The lowest BCUT2D eigenvalue weighted by molar-refractivity contribution is 0.0953. The van der Waals surface area contributed by atoms with Crippen molar-refractivity contribution in [3.8, 4) is 0 Å². The second kappa shape index (κ2) is 6.87. The Balaban J connectivity index is 1.96. The molecular formula is C15H11Cl2F2NO. The Kier molecular flexibility index (Phi) is 5.15. The molecule has 110 valence electrons. The van der Waals surface area contributed by atoms with Crippen LogP contribution in [0, 0.1) is 11.6 Å². The van der Waals surface area contributed by atoms with E-state index in [0.717, 1.165) is 17.7 Å². The Morgan fingerprint density at radius 2 is 1.67 bits per heavy atom. The summed E-state index contributed by atoms with van der Waals surface area (Å²) in [6, 6.07) is 8.77. The minimum atomic E-state index is -1.11. The van der Waals surface area contributed by atoms with Gasteiger partial charge in [0, 0.05) is 11.6 Å². The minimum Gasteiger partial charge on any atom is -0.352 e.